The molecular formula is C23H25N3O5. The molecule has 0 bridgehead atoms. The fraction of sp³-hybridized carbons (Fsp3) is 0.304. The van der Waals surface area contributed by atoms with Crippen molar-refractivity contribution < 1.29 is 23.7 Å². The molecule has 0 spiro atoms. The molecule has 0 saturated heterocycles. The summed E-state index contributed by atoms with van der Waals surface area (Å²) in [7, 11) is 6.34. The van der Waals surface area contributed by atoms with Crippen LogP contribution in [0.4, 0.5) is 0 Å². The van der Waals surface area contributed by atoms with Crippen molar-refractivity contribution in [2.24, 2.45) is 0 Å². The van der Waals surface area contributed by atoms with Gasteiger partial charge in [-0.2, -0.15) is 5.10 Å². The van der Waals surface area contributed by atoms with E-state index in [1.165, 1.54) is 0 Å². The summed E-state index contributed by atoms with van der Waals surface area (Å²) in [5.74, 6) is 1.26. The van der Waals surface area contributed by atoms with Crippen LogP contribution in [0.15, 0.2) is 48.5 Å². The van der Waals surface area contributed by atoms with Crippen LogP contribution in [-0.4, -0.2) is 62.3 Å². The molecule has 162 valence electrons. The van der Waals surface area contributed by atoms with Crippen molar-refractivity contribution >= 4 is 5.91 Å². The van der Waals surface area contributed by atoms with E-state index in [-0.39, 0.29) is 18.5 Å². The van der Waals surface area contributed by atoms with E-state index in [1.807, 2.05) is 48.5 Å². The number of nitrogens with one attached hydrogen (secondary N) is 1. The Balaban J connectivity index is 1.86. The lowest BCUT2D eigenvalue weighted by atomic mass is 9.96. The molecule has 0 saturated carbocycles. The number of hydrogen-bond donors (Lipinski definition) is 1. The van der Waals surface area contributed by atoms with Gasteiger partial charge < -0.3 is 23.8 Å². The van der Waals surface area contributed by atoms with Crippen LogP contribution in [0.3, 0.4) is 0 Å². The van der Waals surface area contributed by atoms with Gasteiger partial charge in [0.1, 0.15) is 17.2 Å². The van der Waals surface area contributed by atoms with E-state index in [2.05, 4.69) is 10.2 Å². The maximum atomic E-state index is 13.4. The standard InChI is InChI=1S/C23H25N3O5/c1-28-16-9-5-7-14(11-16)20-19-21(25-24-20)23(27)26(13-18(30-3)31-4)22(19)15-8-6-10-17(12-15)29-2/h5-12,18,22H,13H2,1-4H3,(H,24,25). The van der Waals surface area contributed by atoms with Crippen molar-refractivity contribution in [3.05, 3.63) is 65.4 Å². The van der Waals surface area contributed by atoms with Gasteiger partial charge in [0.2, 0.25) is 0 Å². The summed E-state index contributed by atoms with van der Waals surface area (Å²) in [5, 5.41) is 7.43. The highest BCUT2D eigenvalue weighted by atomic mass is 16.7. The first-order chi connectivity index (χ1) is 15.1. The Morgan fingerprint density at radius 3 is 2.35 bits per heavy atom. The highest BCUT2D eigenvalue weighted by Gasteiger charge is 2.43. The third kappa shape index (κ3) is 3.75. The molecular weight excluding hydrogens is 398 g/mol. The van der Waals surface area contributed by atoms with Crippen LogP contribution < -0.4 is 9.47 Å². The van der Waals surface area contributed by atoms with Crippen LogP contribution in [0.1, 0.15) is 27.7 Å². The minimum atomic E-state index is -0.561. The summed E-state index contributed by atoms with van der Waals surface area (Å²) < 4.78 is 21.5. The van der Waals surface area contributed by atoms with Crippen molar-refractivity contribution in [2.75, 3.05) is 35.0 Å². The molecule has 3 aromatic rings. The van der Waals surface area contributed by atoms with Gasteiger partial charge in [0.15, 0.2) is 6.29 Å². The average Bonchev–Trinajstić information content (AvgIpc) is 3.36. The number of H-pyrrole nitrogens is 1. The highest BCUT2D eigenvalue weighted by molar-refractivity contribution is 6.00. The molecule has 2 aromatic carbocycles. The monoisotopic (exact) mass is 423 g/mol. The van der Waals surface area contributed by atoms with Gasteiger partial charge in [0, 0.05) is 25.3 Å². The number of benzene rings is 2. The Kier molecular flexibility index (Phi) is 5.92. The van der Waals surface area contributed by atoms with E-state index < -0.39 is 6.29 Å². The third-order valence-corrected chi connectivity index (χ3v) is 5.49. The van der Waals surface area contributed by atoms with Crippen molar-refractivity contribution in [1.29, 1.82) is 0 Å². The topological polar surface area (TPSA) is 85.9 Å². The van der Waals surface area contributed by atoms with Gasteiger partial charge >= 0.3 is 0 Å². The first-order valence-electron chi connectivity index (χ1n) is 9.84. The quantitative estimate of drug-likeness (QED) is 0.560. The third-order valence-electron chi connectivity index (χ3n) is 5.49. The fourth-order valence-corrected chi connectivity index (χ4v) is 3.94. The van der Waals surface area contributed by atoms with Gasteiger partial charge in [-0.05, 0) is 29.8 Å². The summed E-state index contributed by atoms with van der Waals surface area (Å²) in [6, 6.07) is 14.9. The second-order valence-corrected chi connectivity index (χ2v) is 7.13. The summed E-state index contributed by atoms with van der Waals surface area (Å²) in [6.45, 7) is 0.258. The second-order valence-electron chi connectivity index (χ2n) is 7.13. The van der Waals surface area contributed by atoms with Crippen molar-refractivity contribution in [2.45, 2.75) is 12.3 Å². The Bertz CT molecular complexity index is 1080. The van der Waals surface area contributed by atoms with Gasteiger partial charge in [-0.25, -0.2) is 0 Å². The zero-order chi connectivity index (χ0) is 22.0. The predicted molar refractivity (Wildman–Crippen MR) is 114 cm³/mol. The molecule has 8 nitrogen and oxygen atoms in total. The van der Waals surface area contributed by atoms with E-state index in [9.17, 15) is 4.79 Å². The smallest absolute Gasteiger partial charge is 0.273 e. The average molecular weight is 423 g/mol. The SMILES string of the molecule is COc1cccc(-c2n[nH]c3c2C(c2cccc(OC)c2)N(CC(OC)OC)C3=O)c1. The van der Waals surface area contributed by atoms with Crippen LogP contribution in [-0.2, 0) is 9.47 Å². The van der Waals surface area contributed by atoms with Gasteiger partial charge in [0.25, 0.3) is 5.91 Å². The number of hydrogen-bond acceptors (Lipinski definition) is 6. The Morgan fingerprint density at radius 2 is 1.68 bits per heavy atom. The maximum absolute atomic E-state index is 13.4. The minimum absolute atomic E-state index is 0.163. The molecule has 1 N–H and O–H groups in total. The molecule has 2 heterocycles. The van der Waals surface area contributed by atoms with Gasteiger partial charge in [0.05, 0.1) is 32.5 Å². The van der Waals surface area contributed by atoms with Crippen LogP contribution in [0.5, 0.6) is 11.5 Å². The molecule has 0 radical (unpaired) electrons. The van der Waals surface area contributed by atoms with Gasteiger partial charge in [-0.3, -0.25) is 9.89 Å². The first kappa shape index (κ1) is 20.9. The molecule has 0 fully saturated rings. The number of rotatable bonds is 8. The lowest BCUT2D eigenvalue weighted by Crippen LogP contribution is -2.38. The van der Waals surface area contributed by atoms with Crippen LogP contribution in [0.25, 0.3) is 11.3 Å². The lowest BCUT2D eigenvalue weighted by Gasteiger charge is -2.29. The zero-order valence-corrected chi connectivity index (χ0v) is 17.9. The number of aromatic amines is 1. The first-order valence-corrected chi connectivity index (χ1v) is 9.84. The van der Waals surface area contributed by atoms with Crippen LogP contribution in [0.2, 0.25) is 0 Å². The normalized spacial score (nSPS) is 15.5. The van der Waals surface area contributed by atoms with E-state index >= 15 is 0 Å². The number of ether oxygens (including phenoxy) is 4. The van der Waals surface area contributed by atoms with Crippen molar-refractivity contribution in [3.8, 4) is 22.8 Å². The zero-order valence-electron chi connectivity index (χ0n) is 17.9. The van der Waals surface area contributed by atoms with E-state index in [4.69, 9.17) is 18.9 Å². The molecule has 8 heteroatoms. The molecule has 1 aliphatic rings. The lowest BCUT2D eigenvalue weighted by molar-refractivity contribution is -0.113. The van der Waals surface area contributed by atoms with E-state index in [0.29, 0.717) is 22.9 Å². The largest absolute Gasteiger partial charge is 0.497 e. The van der Waals surface area contributed by atoms with Crippen molar-refractivity contribution in [1.82, 2.24) is 15.1 Å². The molecule has 1 aliphatic heterocycles. The fourth-order valence-electron chi connectivity index (χ4n) is 3.94. The number of carbonyl (C=O) groups is 1. The van der Waals surface area contributed by atoms with E-state index in [0.717, 1.165) is 16.7 Å². The van der Waals surface area contributed by atoms with Gasteiger partial charge in [-0.15, -0.1) is 0 Å². The predicted octanol–water partition coefficient (Wildman–Crippen LogP) is 3.26. The Hall–Kier alpha value is -3.36. The molecule has 0 aliphatic carbocycles. The summed E-state index contributed by atoms with van der Waals surface area (Å²) in [5.41, 5.74) is 3.72. The minimum Gasteiger partial charge on any atom is -0.497 e. The highest BCUT2D eigenvalue weighted by Crippen LogP contribution is 2.43. The van der Waals surface area contributed by atoms with E-state index in [1.54, 1.807) is 33.3 Å². The second kappa shape index (κ2) is 8.79. The molecule has 1 amide bonds. The number of methoxy groups -OCH3 is 4. The van der Waals surface area contributed by atoms with Gasteiger partial charge in [-0.1, -0.05) is 24.3 Å². The Labute approximate surface area is 180 Å². The molecule has 1 aromatic heterocycles. The maximum Gasteiger partial charge on any atom is 0.273 e. The number of amides is 1. The summed E-state index contributed by atoms with van der Waals surface area (Å²) in [6.07, 6.45) is -0.561. The molecule has 4 rings (SSSR count). The number of aromatic nitrogens is 2. The number of nitrogens with zero attached hydrogens (tertiary/aromatic N) is 2. The molecule has 1 atom stereocenters. The molecule has 31 heavy (non-hydrogen) atoms. The summed E-state index contributed by atoms with van der Waals surface area (Å²) in [4.78, 5) is 15.1. The number of carbonyl (C=O) groups excluding carboxylic acids is 1. The van der Waals surface area contributed by atoms with Crippen LogP contribution in [0, 0.1) is 0 Å². The Morgan fingerprint density at radius 1 is 1.00 bits per heavy atom. The number of fused-ring (bicyclic) bond motifs is 1. The summed E-state index contributed by atoms with van der Waals surface area (Å²) >= 11 is 0. The molecule has 1 unspecified atom stereocenters. The van der Waals surface area contributed by atoms with Crippen molar-refractivity contribution in [3.63, 3.8) is 0 Å². The van der Waals surface area contributed by atoms with Crippen LogP contribution >= 0.6 is 0 Å².